The first kappa shape index (κ1) is 15.7. The van der Waals surface area contributed by atoms with Crippen molar-refractivity contribution in [3.05, 3.63) is 35.4 Å². The molecule has 1 aromatic rings. The Labute approximate surface area is 116 Å². The Morgan fingerprint density at radius 3 is 2.79 bits per heavy atom. The smallest absolute Gasteiger partial charge is 0.251 e. The SMILES string of the molecule is CCCC(CC)c1cccc(C(=O)NCCOC)c1. The number of hydrogen-bond donors (Lipinski definition) is 1. The Hall–Kier alpha value is -1.35. The van der Waals surface area contributed by atoms with Crippen LogP contribution in [0.4, 0.5) is 0 Å². The lowest BCUT2D eigenvalue weighted by molar-refractivity contribution is 0.0937. The normalized spacial score (nSPS) is 12.2. The number of rotatable bonds is 8. The van der Waals surface area contributed by atoms with Crippen LogP contribution in [0.3, 0.4) is 0 Å². The van der Waals surface area contributed by atoms with Crippen LogP contribution in [0, 0.1) is 0 Å². The van der Waals surface area contributed by atoms with Crippen LogP contribution in [-0.2, 0) is 4.74 Å². The van der Waals surface area contributed by atoms with E-state index < -0.39 is 0 Å². The molecule has 0 aliphatic carbocycles. The Morgan fingerprint density at radius 2 is 2.16 bits per heavy atom. The van der Waals surface area contributed by atoms with Crippen molar-refractivity contribution in [1.82, 2.24) is 5.32 Å². The van der Waals surface area contributed by atoms with Gasteiger partial charge >= 0.3 is 0 Å². The van der Waals surface area contributed by atoms with Crippen LogP contribution in [-0.4, -0.2) is 26.2 Å². The van der Waals surface area contributed by atoms with Gasteiger partial charge in [0.25, 0.3) is 5.91 Å². The largest absolute Gasteiger partial charge is 0.383 e. The second kappa shape index (κ2) is 8.70. The summed E-state index contributed by atoms with van der Waals surface area (Å²) >= 11 is 0. The Morgan fingerprint density at radius 1 is 1.37 bits per heavy atom. The molecule has 1 amide bonds. The van der Waals surface area contributed by atoms with Crippen molar-refractivity contribution in [2.24, 2.45) is 0 Å². The van der Waals surface area contributed by atoms with Gasteiger partial charge < -0.3 is 10.1 Å². The fourth-order valence-electron chi connectivity index (χ4n) is 2.26. The molecule has 3 heteroatoms. The van der Waals surface area contributed by atoms with Crippen molar-refractivity contribution in [3.63, 3.8) is 0 Å². The first-order chi connectivity index (χ1) is 9.22. The monoisotopic (exact) mass is 263 g/mol. The molecular weight excluding hydrogens is 238 g/mol. The number of carbonyl (C=O) groups is 1. The lowest BCUT2D eigenvalue weighted by atomic mass is 9.91. The minimum absolute atomic E-state index is 0.0229. The van der Waals surface area contributed by atoms with E-state index in [1.807, 2.05) is 18.2 Å². The van der Waals surface area contributed by atoms with E-state index in [9.17, 15) is 4.79 Å². The van der Waals surface area contributed by atoms with Crippen LogP contribution in [0.5, 0.6) is 0 Å². The summed E-state index contributed by atoms with van der Waals surface area (Å²) in [6, 6.07) is 7.98. The average Bonchev–Trinajstić information content (AvgIpc) is 2.45. The highest BCUT2D eigenvalue weighted by atomic mass is 16.5. The molecule has 0 radical (unpaired) electrons. The van der Waals surface area contributed by atoms with Crippen molar-refractivity contribution in [2.45, 2.75) is 39.0 Å². The third-order valence-corrected chi connectivity index (χ3v) is 3.34. The van der Waals surface area contributed by atoms with Gasteiger partial charge in [0.1, 0.15) is 0 Å². The van der Waals surface area contributed by atoms with E-state index in [1.54, 1.807) is 7.11 Å². The second-order valence-electron chi connectivity index (χ2n) is 4.77. The predicted octanol–water partition coefficient (Wildman–Crippen LogP) is 3.36. The summed E-state index contributed by atoms with van der Waals surface area (Å²) in [5.41, 5.74) is 2.01. The average molecular weight is 263 g/mol. The van der Waals surface area contributed by atoms with Crippen LogP contribution in [0.15, 0.2) is 24.3 Å². The predicted molar refractivity (Wildman–Crippen MR) is 78.6 cm³/mol. The van der Waals surface area contributed by atoms with Gasteiger partial charge in [-0.1, -0.05) is 32.4 Å². The molecule has 0 bridgehead atoms. The summed E-state index contributed by atoms with van der Waals surface area (Å²) in [6.07, 6.45) is 3.45. The molecule has 1 atom stereocenters. The Kier molecular flexibility index (Phi) is 7.19. The van der Waals surface area contributed by atoms with Gasteiger partial charge in [-0.2, -0.15) is 0 Å². The quantitative estimate of drug-likeness (QED) is 0.730. The van der Waals surface area contributed by atoms with Crippen LogP contribution >= 0.6 is 0 Å². The lowest BCUT2D eigenvalue weighted by Gasteiger charge is -2.15. The van der Waals surface area contributed by atoms with Crippen LogP contribution in [0.25, 0.3) is 0 Å². The first-order valence-corrected chi connectivity index (χ1v) is 7.10. The topological polar surface area (TPSA) is 38.3 Å². The molecule has 0 saturated carbocycles. The van der Waals surface area contributed by atoms with E-state index >= 15 is 0 Å². The third-order valence-electron chi connectivity index (χ3n) is 3.34. The zero-order valence-electron chi connectivity index (χ0n) is 12.2. The van der Waals surface area contributed by atoms with Crippen LogP contribution in [0.1, 0.15) is 54.9 Å². The molecule has 0 fully saturated rings. The van der Waals surface area contributed by atoms with Crippen molar-refractivity contribution in [2.75, 3.05) is 20.3 Å². The summed E-state index contributed by atoms with van der Waals surface area (Å²) < 4.78 is 4.92. The fourth-order valence-corrected chi connectivity index (χ4v) is 2.26. The van der Waals surface area contributed by atoms with Crippen molar-refractivity contribution in [1.29, 1.82) is 0 Å². The van der Waals surface area contributed by atoms with Gasteiger partial charge in [-0.25, -0.2) is 0 Å². The highest BCUT2D eigenvalue weighted by Gasteiger charge is 2.11. The Balaban J connectivity index is 2.72. The number of hydrogen-bond acceptors (Lipinski definition) is 2. The van der Waals surface area contributed by atoms with Gasteiger partial charge in [-0.15, -0.1) is 0 Å². The van der Waals surface area contributed by atoms with Crippen molar-refractivity contribution in [3.8, 4) is 0 Å². The summed E-state index contributed by atoms with van der Waals surface area (Å²) in [5.74, 6) is 0.530. The van der Waals surface area contributed by atoms with E-state index in [-0.39, 0.29) is 5.91 Å². The van der Waals surface area contributed by atoms with Gasteiger partial charge in [-0.05, 0) is 36.5 Å². The Bertz CT molecular complexity index is 390. The highest BCUT2D eigenvalue weighted by Crippen LogP contribution is 2.25. The number of methoxy groups -OCH3 is 1. The van der Waals surface area contributed by atoms with Gasteiger partial charge in [0.2, 0.25) is 0 Å². The van der Waals surface area contributed by atoms with Gasteiger partial charge in [0, 0.05) is 19.2 Å². The zero-order valence-corrected chi connectivity index (χ0v) is 12.2. The number of benzene rings is 1. The number of nitrogens with one attached hydrogen (secondary N) is 1. The molecule has 3 nitrogen and oxygen atoms in total. The molecule has 0 aliphatic rings. The molecule has 0 aromatic heterocycles. The fraction of sp³-hybridized carbons (Fsp3) is 0.562. The standard InChI is InChI=1S/C16H25NO2/c1-4-7-13(5-2)14-8-6-9-15(12-14)16(18)17-10-11-19-3/h6,8-9,12-13H,4-5,7,10-11H2,1-3H3,(H,17,18). The highest BCUT2D eigenvalue weighted by molar-refractivity contribution is 5.94. The van der Waals surface area contributed by atoms with E-state index in [0.29, 0.717) is 19.1 Å². The maximum atomic E-state index is 12.0. The minimum Gasteiger partial charge on any atom is -0.383 e. The van der Waals surface area contributed by atoms with E-state index in [4.69, 9.17) is 4.74 Å². The molecule has 1 rings (SSSR count). The molecule has 106 valence electrons. The van der Waals surface area contributed by atoms with E-state index in [0.717, 1.165) is 12.0 Å². The summed E-state index contributed by atoms with van der Waals surface area (Å²) in [5, 5.41) is 2.85. The molecule has 0 aliphatic heterocycles. The third kappa shape index (κ3) is 5.03. The van der Waals surface area contributed by atoms with Crippen LogP contribution < -0.4 is 5.32 Å². The first-order valence-electron chi connectivity index (χ1n) is 7.10. The number of amides is 1. The summed E-state index contributed by atoms with van der Waals surface area (Å²) in [7, 11) is 1.63. The molecule has 1 unspecified atom stereocenters. The van der Waals surface area contributed by atoms with Gasteiger partial charge in [0.15, 0.2) is 0 Å². The molecule has 19 heavy (non-hydrogen) atoms. The molecule has 0 heterocycles. The molecule has 1 aromatic carbocycles. The lowest BCUT2D eigenvalue weighted by Crippen LogP contribution is -2.27. The molecule has 1 N–H and O–H groups in total. The summed E-state index contributed by atoms with van der Waals surface area (Å²) in [6.45, 7) is 5.49. The molecule has 0 saturated heterocycles. The number of ether oxygens (including phenoxy) is 1. The minimum atomic E-state index is -0.0229. The maximum absolute atomic E-state index is 12.0. The summed E-state index contributed by atoms with van der Waals surface area (Å²) in [4.78, 5) is 12.0. The molecular formula is C16H25NO2. The van der Waals surface area contributed by atoms with Crippen molar-refractivity contribution >= 4 is 5.91 Å². The number of carbonyl (C=O) groups excluding carboxylic acids is 1. The van der Waals surface area contributed by atoms with Crippen molar-refractivity contribution < 1.29 is 9.53 Å². The van der Waals surface area contributed by atoms with Gasteiger partial charge in [0.05, 0.1) is 6.61 Å². The van der Waals surface area contributed by atoms with Crippen LogP contribution in [0.2, 0.25) is 0 Å². The zero-order chi connectivity index (χ0) is 14.1. The van der Waals surface area contributed by atoms with E-state index in [2.05, 4.69) is 25.2 Å². The van der Waals surface area contributed by atoms with Gasteiger partial charge in [-0.3, -0.25) is 4.79 Å². The second-order valence-corrected chi connectivity index (χ2v) is 4.77. The maximum Gasteiger partial charge on any atom is 0.251 e. The van der Waals surface area contributed by atoms with E-state index in [1.165, 1.54) is 18.4 Å². The molecule has 0 spiro atoms.